The number of H-pyrrole nitrogens is 1. The summed E-state index contributed by atoms with van der Waals surface area (Å²) in [5.74, 6) is 0.250. The predicted octanol–water partition coefficient (Wildman–Crippen LogP) is 4.32. The van der Waals surface area contributed by atoms with Crippen LogP contribution in [0.15, 0.2) is 79.3 Å². The molecule has 0 saturated heterocycles. The molecule has 6 rings (SSSR count). The number of aliphatic hydroxyl groups is 1. The molecule has 0 radical (unpaired) electrons. The number of hydrogen-bond acceptors (Lipinski definition) is 12. The van der Waals surface area contributed by atoms with Crippen LogP contribution in [-0.2, 0) is 36.4 Å². The topological polar surface area (TPSA) is 204 Å². The monoisotopic (exact) mass is 760 g/mol. The van der Waals surface area contributed by atoms with Crippen LogP contribution in [0.4, 0.5) is 0 Å². The zero-order chi connectivity index (χ0) is 37.8. The first kappa shape index (κ1) is 39.0. The van der Waals surface area contributed by atoms with Gasteiger partial charge in [0.1, 0.15) is 18.8 Å². The van der Waals surface area contributed by atoms with Crippen LogP contribution in [0.1, 0.15) is 68.3 Å². The van der Waals surface area contributed by atoms with Crippen molar-refractivity contribution in [3.05, 3.63) is 104 Å². The summed E-state index contributed by atoms with van der Waals surface area (Å²) in [4.78, 5) is 46.3. The average Bonchev–Trinajstić information content (AvgIpc) is 3.88. The lowest BCUT2D eigenvalue weighted by Gasteiger charge is -2.13. The van der Waals surface area contributed by atoms with E-state index in [1.54, 1.807) is 19.9 Å². The highest BCUT2D eigenvalue weighted by Gasteiger charge is 2.28. The number of nitrogens with one attached hydrogen (secondary N) is 1. The third-order valence-electron chi connectivity index (χ3n) is 8.21. The summed E-state index contributed by atoms with van der Waals surface area (Å²) in [6.07, 6.45) is 10.0. The number of aliphatic hydroxyl groups excluding tert-OH is 1. The molecule has 14 nitrogen and oxygen atoms in total. The van der Waals surface area contributed by atoms with Crippen LogP contribution in [0.25, 0.3) is 0 Å². The van der Waals surface area contributed by atoms with Gasteiger partial charge in [0.15, 0.2) is 25.5 Å². The van der Waals surface area contributed by atoms with E-state index in [-0.39, 0.29) is 32.4 Å². The predicted molar refractivity (Wildman–Crippen MR) is 191 cm³/mol. The molecule has 51 heavy (non-hydrogen) atoms. The minimum atomic E-state index is -3.52. The van der Waals surface area contributed by atoms with Crippen molar-refractivity contribution in [3.63, 3.8) is 0 Å². The molecule has 1 aromatic heterocycles. The number of aryl methyl sites for hydroxylation is 1. The van der Waals surface area contributed by atoms with Gasteiger partial charge in [-0.1, -0.05) is 29.4 Å². The first-order valence-corrected chi connectivity index (χ1v) is 19.6. The maximum absolute atomic E-state index is 12.8. The molecule has 1 aliphatic carbocycles. The fourth-order valence-corrected chi connectivity index (χ4v) is 7.59. The Morgan fingerprint density at radius 2 is 1.37 bits per heavy atom. The van der Waals surface area contributed by atoms with E-state index in [0.717, 1.165) is 12.5 Å². The highest BCUT2D eigenvalue weighted by Crippen LogP contribution is 2.29. The van der Waals surface area contributed by atoms with Crippen molar-refractivity contribution in [1.29, 1.82) is 0 Å². The van der Waals surface area contributed by atoms with Gasteiger partial charge < -0.3 is 19.9 Å². The summed E-state index contributed by atoms with van der Waals surface area (Å²) in [7, 11) is -5.44. The number of allylic oxidation sites excluding steroid dienone is 3. The fourth-order valence-electron chi connectivity index (χ4n) is 5.47. The van der Waals surface area contributed by atoms with E-state index in [1.165, 1.54) is 42.2 Å². The number of benzene rings is 2. The smallest absolute Gasteiger partial charge is 0.277 e. The number of carbonyl (C=O) groups is 2. The van der Waals surface area contributed by atoms with Crippen molar-refractivity contribution in [2.75, 3.05) is 25.7 Å². The molecule has 0 bridgehead atoms. The summed E-state index contributed by atoms with van der Waals surface area (Å²) in [5.41, 5.74) is 2.85. The minimum Gasteiger partial charge on any atom is -0.512 e. The SMILES string of the molecule is CC1C=CC=C1O.Cc1c(C(=O)Cl)ccc(S(C)(=O)=O)c1C1=NOCC1.Cc1c(C(=O)c2c[nH]n(C)c2=O)ccc(S(C)(=O)=O)c1C1=NOCC1. The number of hydrogen-bond donors (Lipinski definition) is 2. The lowest BCUT2D eigenvalue weighted by atomic mass is 9.93. The molecule has 272 valence electrons. The fraction of sp³-hybridized carbons (Fsp3) is 0.324. The van der Waals surface area contributed by atoms with Crippen molar-refractivity contribution >= 4 is 53.7 Å². The number of sulfone groups is 2. The maximum atomic E-state index is 12.8. The second kappa shape index (κ2) is 15.6. The Morgan fingerprint density at radius 3 is 1.71 bits per heavy atom. The second-order valence-electron chi connectivity index (χ2n) is 11.9. The molecule has 0 amide bonds. The molecule has 2 N–H and O–H groups in total. The lowest BCUT2D eigenvalue weighted by Crippen LogP contribution is -2.21. The van der Waals surface area contributed by atoms with Gasteiger partial charge in [0.25, 0.3) is 10.8 Å². The Kier molecular flexibility index (Phi) is 11.9. The van der Waals surface area contributed by atoms with Crippen LogP contribution < -0.4 is 5.56 Å². The molecule has 2 aliphatic heterocycles. The summed E-state index contributed by atoms with van der Waals surface area (Å²) < 4.78 is 49.1. The quantitative estimate of drug-likeness (QED) is 0.258. The number of nitrogens with zero attached hydrogens (tertiary/aromatic N) is 3. The molecule has 0 fully saturated rings. The van der Waals surface area contributed by atoms with E-state index in [4.69, 9.17) is 26.4 Å². The molecular formula is C34H37ClN4O10S2. The number of rotatable bonds is 7. The van der Waals surface area contributed by atoms with Gasteiger partial charge in [0, 0.05) is 66.8 Å². The number of oxime groups is 2. The van der Waals surface area contributed by atoms with Crippen LogP contribution in [0.5, 0.6) is 0 Å². The second-order valence-corrected chi connectivity index (χ2v) is 16.2. The number of carbonyl (C=O) groups excluding carboxylic acids is 2. The zero-order valence-electron chi connectivity index (χ0n) is 28.7. The summed E-state index contributed by atoms with van der Waals surface area (Å²) in [6.45, 7) is 6.01. The Labute approximate surface area is 299 Å². The van der Waals surface area contributed by atoms with E-state index in [0.29, 0.717) is 65.5 Å². The highest BCUT2D eigenvalue weighted by molar-refractivity contribution is 7.91. The van der Waals surface area contributed by atoms with Gasteiger partial charge in [0.2, 0.25) is 0 Å². The van der Waals surface area contributed by atoms with Crippen molar-refractivity contribution in [2.45, 2.75) is 43.4 Å². The molecule has 1 unspecified atom stereocenters. The van der Waals surface area contributed by atoms with Gasteiger partial charge in [-0.15, -0.1) is 0 Å². The number of aromatic amines is 1. The van der Waals surface area contributed by atoms with E-state index in [2.05, 4.69) is 15.4 Å². The maximum Gasteiger partial charge on any atom is 0.277 e. The molecule has 17 heteroatoms. The minimum absolute atomic E-state index is 0.00623. The first-order valence-electron chi connectivity index (χ1n) is 15.5. The van der Waals surface area contributed by atoms with Crippen LogP contribution in [-0.4, -0.2) is 79.9 Å². The van der Waals surface area contributed by atoms with Gasteiger partial charge in [-0.2, -0.15) is 0 Å². The van der Waals surface area contributed by atoms with Gasteiger partial charge in [-0.05, 0) is 66.9 Å². The lowest BCUT2D eigenvalue weighted by molar-refractivity contribution is 0.103. The third kappa shape index (κ3) is 8.75. The molecule has 1 atom stereocenters. The first-order chi connectivity index (χ1) is 23.8. The molecule has 0 saturated carbocycles. The average molecular weight is 761 g/mol. The molecule has 3 aromatic rings. The van der Waals surface area contributed by atoms with Crippen molar-refractivity contribution < 1.29 is 41.2 Å². The molecule has 3 heterocycles. The third-order valence-corrected chi connectivity index (χ3v) is 10.7. The van der Waals surface area contributed by atoms with Crippen LogP contribution >= 0.6 is 11.6 Å². The molecule has 2 aromatic carbocycles. The highest BCUT2D eigenvalue weighted by atomic mass is 35.5. The largest absolute Gasteiger partial charge is 0.512 e. The van der Waals surface area contributed by atoms with E-state index in [1.807, 2.05) is 19.1 Å². The van der Waals surface area contributed by atoms with Crippen LogP contribution in [0, 0.1) is 19.8 Å². The Hall–Kier alpha value is -4.80. The Morgan fingerprint density at radius 1 is 0.882 bits per heavy atom. The normalized spacial score (nSPS) is 16.5. The summed E-state index contributed by atoms with van der Waals surface area (Å²) in [5, 5.41) is 18.6. The Balaban J connectivity index is 0.000000197. The van der Waals surface area contributed by atoms with Crippen LogP contribution in [0.3, 0.4) is 0 Å². The number of halogens is 1. The van der Waals surface area contributed by atoms with E-state index < -0.39 is 36.3 Å². The van der Waals surface area contributed by atoms with Gasteiger partial charge in [0.05, 0.1) is 27.0 Å². The molecule has 0 spiro atoms. The standard InChI is InChI=1S/C16H17N3O5S.C12H12ClNO4S.C6H8O/c1-9-10(15(20)11-8-17-19(2)16(11)21)4-5-13(25(3,22)23)14(9)12-6-7-24-18-12;1-7-8(12(13)15)3-4-10(19(2,16)17)11(7)9-5-6-18-14-9;1-5-3-2-4-6(5)7/h4-5,8,17H,6-7H2,1-3H3;3-4H,5-6H2,1-2H3;2-5,7H,1H3. The van der Waals surface area contributed by atoms with Crippen LogP contribution in [0.2, 0.25) is 0 Å². The van der Waals surface area contributed by atoms with E-state index >= 15 is 0 Å². The summed E-state index contributed by atoms with van der Waals surface area (Å²) in [6, 6.07) is 5.61. The van der Waals surface area contributed by atoms with E-state index in [9.17, 15) is 31.2 Å². The summed E-state index contributed by atoms with van der Waals surface area (Å²) >= 11 is 5.49. The van der Waals surface area contributed by atoms with Gasteiger partial charge >= 0.3 is 0 Å². The van der Waals surface area contributed by atoms with Gasteiger partial charge in [-0.3, -0.25) is 19.1 Å². The zero-order valence-corrected chi connectivity index (χ0v) is 31.1. The number of ketones is 1. The van der Waals surface area contributed by atoms with Crippen molar-refractivity contribution in [2.24, 2.45) is 23.3 Å². The van der Waals surface area contributed by atoms with Crippen molar-refractivity contribution in [1.82, 2.24) is 9.78 Å². The molecule has 3 aliphatic rings. The Bertz CT molecular complexity index is 2300. The number of aromatic nitrogens is 2. The molecular weight excluding hydrogens is 724 g/mol. The van der Waals surface area contributed by atoms with Crippen molar-refractivity contribution in [3.8, 4) is 0 Å². The van der Waals surface area contributed by atoms with Gasteiger partial charge in [-0.25, -0.2) is 16.8 Å².